The van der Waals surface area contributed by atoms with E-state index in [1.54, 1.807) is 13.0 Å². The lowest BCUT2D eigenvalue weighted by Gasteiger charge is -2.31. The summed E-state index contributed by atoms with van der Waals surface area (Å²) in [7, 11) is 0. The molecule has 2 N–H and O–H groups in total. The summed E-state index contributed by atoms with van der Waals surface area (Å²) in [6.07, 6.45) is -1.62. The average molecular weight is 332 g/mol. The number of aliphatic carboxylic acids is 1. The van der Waals surface area contributed by atoms with E-state index in [1.807, 2.05) is 0 Å². The number of rotatable bonds is 5. The molecule has 1 heterocycles. The third kappa shape index (κ3) is 4.90. The van der Waals surface area contributed by atoms with Gasteiger partial charge in [-0.2, -0.15) is 0 Å². The minimum atomic E-state index is -2.76. The number of ether oxygens (including phenoxy) is 1. The molecule has 1 fully saturated rings. The SMILES string of the molecule is Cc1cc(COC(=O)N[C@H](C(=O)O)C2CCC(F)(F)CC2)no1. The van der Waals surface area contributed by atoms with E-state index in [4.69, 9.17) is 9.26 Å². The third-order valence-corrected chi connectivity index (χ3v) is 3.80. The van der Waals surface area contributed by atoms with Crippen LogP contribution in [0, 0.1) is 12.8 Å². The molecule has 0 bridgehead atoms. The van der Waals surface area contributed by atoms with E-state index < -0.39 is 29.9 Å². The van der Waals surface area contributed by atoms with E-state index >= 15 is 0 Å². The van der Waals surface area contributed by atoms with E-state index in [9.17, 15) is 23.5 Å². The topological polar surface area (TPSA) is 102 Å². The molecule has 1 aromatic rings. The zero-order valence-electron chi connectivity index (χ0n) is 12.6. The molecule has 0 aliphatic heterocycles. The van der Waals surface area contributed by atoms with Crippen LogP contribution < -0.4 is 5.32 Å². The fraction of sp³-hybridized carbons (Fsp3) is 0.643. The lowest BCUT2D eigenvalue weighted by Crippen LogP contribution is -2.48. The Balaban J connectivity index is 1.86. The predicted octanol–water partition coefficient (Wildman–Crippen LogP) is 2.49. The van der Waals surface area contributed by atoms with Crippen molar-refractivity contribution in [3.8, 4) is 0 Å². The second-order valence-corrected chi connectivity index (χ2v) is 5.66. The molecule has 128 valence electrons. The highest BCUT2D eigenvalue weighted by Crippen LogP contribution is 2.37. The molecule has 7 nitrogen and oxygen atoms in total. The number of aryl methyl sites for hydroxylation is 1. The first-order valence-electron chi connectivity index (χ1n) is 7.23. The number of alkyl halides is 2. The molecule has 1 saturated carbocycles. The van der Waals surface area contributed by atoms with E-state index in [2.05, 4.69) is 10.5 Å². The van der Waals surface area contributed by atoms with Gasteiger partial charge in [0.15, 0.2) is 0 Å². The summed E-state index contributed by atoms with van der Waals surface area (Å²) in [6, 6.07) is 0.322. The molecule has 0 aromatic carbocycles. The van der Waals surface area contributed by atoms with E-state index in [-0.39, 0.29) is 32.3 Å². The summed E-state index contributed by atoms with van der Waals surface area (Å²) in [5.74, 6) is -4.02. The van der Waals surface area contributed by atoms with Gasteiger partial charge >= 0.3 is 12.1 Å². The molecule has 23 heavy (non-hydrogen) atoms. The van der Waals surface area contributed by atoms with Crippen LogP contribution >= 0.6 is 0 Å². The van der Waals surface area contributed by atoms with Crippen molar-refractivity contribution >= 4 is 12.1 Å². The molecule has 0 saturated heterocycles. The van der Waals surface area contributed by atoms with Crippen LogP contribution in [-0.4, -0.2) is 34.3 Å². The van der Waals surface area contributed by atoms with Gasteiger partial charge in [-0.05, 0) is 25.7 Å². The van der Waals surface area contributed by atoms with Crippen molar-refractivity contribution in [2.45, 2.75) is 51.2 Å². The van der Waals surface area contributed by atoms with E-state index in [0.29, 0.717) is 11.5 Å². The highest BCUT2D eigenvalue weighted by atomic mass is 19.3. The van der Waals surface area contributed by atoms with Crippen molar-refractivity contribution < 1.29 is 32.7 Å². The Labute approximate surface area is 131 Å². The molecule has 0 radical (unpaired) electrons. The van der Waals surface area contributed by atoms with Crippen LogP contribution in [0.5, 0.6) is 0 Å². The zero-order chi connectivity index (χ0) is 17.0. The quantitative estimate of drug-likeness (QED) is 0.859. The smallest absolute Gasteiger partial charge is 0.408 e. The van der Waals surface area contributed by atoms with Crippen molar-refractivity contribution in [2.75, 3.05) is 0 Å². The van der Waals surface area contributed by atoms with E-state index in [0.717, 1.165) is 0 Å². The van der Waals surface area contributed by atoms with Crippen molar-refractivity contribution in [3.63, 3.8) is 0 Å². The second-order valence-electron chi connectivity index (χ2n) is 5.66. The highest BCUT2D eigenvalue weighted by Gasteiger charge is 2.40. The minimum Gasteiger partial charge on any atom is -0.480 e. The monoisotopic (exact) mass is 332 g/mol. The standard InChI is InChI=1S/C14H18F2N2O5/c1-8-6-10(18-23-8)7-22-13(21)17-11(12(19)20)9-2-4-14(15,16)5-3-9/h6,9,11H,2-5,7H2,1H3,(H,17,21)(H,19,20)/t11-/m0/s1. The maximum absolute atomic E-state index is 13.1. The van der Waals surface area contributed by atoms with Gasteiger partial charge in [-0.1, -0.05) is 5.16 Å². The normalized spacial score (nSPS) is 19.1. The van der Waals surface area contributed by atoms with Gasteiger partial charge in [-0.3, -0.25) is 0 Å². The molecule has 9 heteroatoms. The van der Waals surface area contributed by atoms with Crippen molar-refractivity contribution in [1.29, 1.82) is 0 Å². The number of halogens is 2. The number of alkyl carbamates (subject to hydrolysis) is 1. The number of carbonyl (C=O) groups is 2. The van der Waals surface area contributed by atoms with Crippen LogP contribution in [0.4, 0.5) is 13.6 Å². The number of aromatic nitrogens is 1. The first-order chi connectivity index (χ1) is 10.8. The Morgan fingerprint density at radius 2 is 2.17 bits per heavy atom. The van der Waals surface area contributed by atoms with Crippen molar-refractivity contribution in [2.24, 2.45) is 5.92 Å². The largest absolute Gasteiger partial charge is 0.480 e. The van der Waals surface area contributed by atoms with Crippen LogP contribution in [0.1, 0.15) is 37.1 Å². The third-order valence-electron chi connectivity index (χ3n) is 3.80. The first-order valence-corrected chi connectivity index (χ1v) is 7.23. The van der Waals surface area contributed by atoms with Gasteiger partial charge < -0.3 is 19.7 Å². The maximum Gasteiger partial charge on any atom is 0.408 e. The van der Waals surface area contributed by atoms with Gasteiger partial charge in [0.1, 0.15) is 24.1 Å². The van der Waals surface area contributed by atoms with Crippen molar-refractivity contribution in [3.05, 3.63) is 17.5 Å². The summed E-state index contributed by atoms with van der Waals surface area (Å²) in [6.45, 7) is 1.51. The Kier molecular flexibility index (Phi) is 5.17. The number of carbonyl (C=O) groups excluding carboxylic acids is 1. The number of nitrogens with zero attached hydrogens (tertiary/aromatic N) is 1. The van der Waals surface area contributed by atoms with Gasteiger partial charge in [0.05, 0.1) is 0 Å². The Morgan fingerprint density at radius 1 is 1.52 bits per heavy atom. The molecule has 1 aliphatic carbocycles. The number of nitrogens with one attached hydrogen (secondary N) is 1. The van der Waals surface area contributed by atoms with Crippen LogP contribution in [0.3, 0.4) is 0 Å². The second kappa shape index (κ2) is 6.93. The van der Waals surface area contributed by atoms with Crippen LogP contribution in [0.15, 0.2) is 10.6 Å². The molecular weight excluding hydrogens is 314 g/mol. The Hall–Kier alpha value is -2.19. The number of amides is 1. The van der Waals surface area contributed by atoms with E-state index in [1.165, 1.54) is 0 Å². The van der Waals surface area contributed by atoms with Gasteiger partial charge in [0.2, 0.25) is 5.92 Å². The molecule has 1 amide bonds. The lowest BCUT2D eigenvalue weighted by atomic mass is 9.82. The fourth-order valence-electron chi connectivity index (χ4n) is 2.57. The van der Waals surface area contributed by atoms with Gasteiger partial charge in [-0.15, -0.1) is 0 Å². The van der Waals surface area contributed by atoms with Crippen LogP contribution in [0.25, 0.3) is 0 Å². The number of hydrogen-bond acceptors (Lipinski definition) is 5. The Bertz CT molecular complexity index is 565. The predicted molar refractivity (Wildman–Crippen MR) is 72.9 cm³/mol. The van der Waals surface area contributed by atoms with Crippen LogP contribution in [0.2, 0.25) is 0 Å². The van der Waals surface area contributed by atoms with Crippen molar-refractivity contribution in [1.82, 2.24) is 10.5 Å². The molecular formula is C14H18F2N2O5. The number of carboxylic acid groups (broad SMARTS) is 1. The maximum atomic E-state index is 13.1. The summed E-state index contributed by atoms with van der Waals surface area (Å²) < 4.78 is 36.0. The molecule has 1 aromatic heterocycles. The summed E-state index contributed by atoms with van der Waals surface area (Å²) >= 11 is 0. The van der Waals surface area contributed by atoms with Crippen LogP contribution in [-0.2, 0) is 16.1 Å². The summed E-state index contributed by atoms with van der Waals surface area (Å²) in [5.41, 5.74) is 0.391. The minimum absolute atomic E-state index is 0.0345. The number of hydrogen-bond donors (Lipinski definition) is 2. The zero-order valence-corrected chi connectivity index (χ0v) is 12.6. The fourth-order valence-corrected chi connectivity index (χ4v) is 2.57. The Morgan fingerprint density at radius 3 is 2.70 bits per heavy atom. The number of carboxylic acids is 1. The lowest BCUT2D eigenvalue weighted by molar-refractivity contribution is -0.142. The van der Waals surface area contributed by atoms with Gasteiger partial charge in [0, 0.05) is 18.9 Å². The van der Waals surface area contributed by atoms with Gasteiger partial charge in [-0.25, -0.2) is 18.4 Å². The summed E-state index contributed by atoms with van der Waals surface area (Å²) in [4.78, 5) is 23.0. The molecule has 1 atom stereocenters. The highest BCUT2D eigenvalue weighted by molar-refractivity contribution is 5.80. The molecule has 1 aliphatic rings. The first kappa shape index (κ1) is 17.2. The average Bonchev–Trinajstić information content (AvgIpc) is 2.88. The summed E-state index contributed by atoms with van der Waals surface area (Å²) in [5, 5.41) is 15.1. The molecule has 0 unspecified atom stereocenters. The van der Waals surface area contributed by atoms with Gasteiger partial charge in [0.25, 0.3) is 0 Å². The molecule has 0 spiro atoms. The molecule has 2 rings (SSSR count).